The number of rotatable bonds is 5. The van der Waals surface area contributed by atoms with Crippen LogP contribution >= 0.6 is 23.7 Å². The number of esters is 1. The van der Waals surface area contributed by atoms with Crippen molar-refractivity contribution in [1.82, 2.24) is 4.90 Å². The highest BCUT2D eigenvalue weighted by Gasteiger charge is 2.29. The Labute approximate surface area is 179 Å². The summed E-state index contributed by atoms with van der Waals surface area (Å²) in [6, 6.07) is 5.03. The first-order valence-electron chi connectivity index (χ1n) is 9.27. The second-order valence-corrected chi connectivity index (χ2v) is 7.85. The lowest BCUT2D eigenvalue weighted by Gasteiger charge is -2.26. The van der Waals surface area contributed by atoms with Gasteiger partial charge in [0.25, 0.3) is 5.91 Å². The molecule has 1 N–H and O–H groups in total. The van der Waals surface area contributed by atoms with Crippen molar-refractivity contribution in [3.8, 4) is 11.5 Å². The van der Waals surface area contributed by atoms with Gasteiger partial charge in [0, 0.05) is 23.5 Å². The van der Waals surface area contributed by atoms with Gasteiger partial charge in [0.2, 0.25) is 6.79 Å². The van der Waals surface area contributed by atoms with Crippen molar-refractivity contribution in [1.29, 1.82) is 0 Å². The van der Waals surface area contributed by atoms with Crippen molar-refractivity contribution in [3.63, 3.8) is 0 Å². The van der Waals surface area contributed by atoms with Crippen LogP contribution in [0.15, 0.2) is 18.2 Å². The molecule has 0 unspecified atom stereocenters. The van der Waals surface area contributed by atoms with Gasteiger partial charge in [0.05, 0.1) is 12.7 Å². The average molecular weight is 439 g/mol. The lowest BCUT2D eigenvalue weighted by molar-refractivity contribution is 0.0600. The zero-order valence-corrected chi connectivity index (χ0v) is 17.9. The van der Waals surface area contributed by atoms with E-state index in [1.165, 1.54) is 18.4 Å². The van der Waals surface area contributed by atoms with E-state index in [-0.39, 0.29) is 25.1 Å². The third kappa shape index (κ3) is 4.19. The van der Waals surface area contributed by atoms with E-state index in [0.717, 1.165) is 42.9 Å². The number of carbonyl (C=O) groups excluding carboxylic acids is 2. The smallest absolute Gasteiger partial charge is 0.341 e. The summed E-state index contributed by atoms with van der Waals surface area (Å²) in [6.07, 6.45) is 1.86. The zero-order valence-electron chi connectivity index (χ0n) is 16.3. The molecule has 0 saturated carbocycles. The number of thiophene rings is 1. The summed E-state index contributed by atoms with van der Waals surface area (Å²) in [5.41, 5.74) is 1.91. The number of methoxy groups -OCH3 is 1. The molecule has 0 saturated heterocycles. The third-order valence-corrected chi connectivity index (χ3v) is 6.06. The Bertz CT molecular complexity index is 930. The van der Waals surface area contributed by atoms with Crippen molar-refractivity contribution in [2.24, 2.45) is 0 Å². The van der Waals surface area contributed by atoms with E-state index in [1.54, 1.807) is 18.2 Å². The number of carbonyl (C=O) groups is 2. The van der Waals surface area contributed by atoms with Crippen molar-refractivity contribution in [3.05, 3.63) is 39.8 Å². The van der Waals surface area contributed by atoms with Crippen LogP contribution in [-0.4, -0.2) is 43.8 Å². The molecule has 1 amide bonds. The number of anilines is 1. The van der Waals surface area contributed by atoms with Crippen molar-refractivity contribution < 1.29 is 23.8 Å². The van der Waals surface area contributed by atoms with Gasteiger partial charge in [-0.05, 0) is 43.1 Å². The standard InChI is InChI=1S/C20H22N2O5S.ClH/c1-3-7-22-8-6-13-16(10-22)28-19(17(13)20(24)25-2)21-18(23)12-4-5-14-15(9-12)27-11-26-14;/h4-5,9H,3,6-8,10-11H2,1-2H3,(H,21,23);1H. The first-order valence-corrected chi connectivity index (χ1v) is 10.1. The van der Waals surface area contributed by atoms with E-state index in [9.17, 15) is 9.59 Å². The minimum atomic E-state index is -0.414. The Hall–Kier alpha value is -2.29. The maximum atomic E-state index is 12.8. The van der Waals surface area contributed by atoms with Gasteiger partial charge in [0.1, 0.15) is 5.00 Å². The number of halogens is 1. The molecular formula is C20H23ClN2O5S. The van der Waals surface area contributed by atoms with E-state index in [4.69, 9.17) is 14.2 Å². The fourth-order valence-corrected chi connectivity index (χ4v) is 4.86. The van der Waals surface area contributed by atoms with Gasteiger partial charge < -0.3 is 19.5 Å². The topological polar surface area (TPSA) is 77.1 Å². The summed E-state index contributed by atoms with van der Waals surface area (Å²) in [5, 5.41) is 3.44. The van der Waals surface area contributed by atoms with Crippen molar-refractivity contribution in [2.75, 3.05) is 32.3 Å². The second-order valence-electron chi connectivity index (χ2n) is 6.75. The van der Waals surface area contributed by atoms with Crippen molar-refractivity contribution >= 4 is 40.6 Å². The van der Waals surface area contributed by atoms with Crippen LogP contribution in [0.25, 0.3) is 0 Å². The normalized spacial score (nSPS) is 14.7. The number of amides is 1. The van der Waals surface area contributed by atoms with E-state index in [0.29, 0.717) is 27.6 Å². The molecule has 0 aliphatic carbocycles. The summed E-state index contributed by atoms with van der Waals surface area (Å²) in [7, 11) is 1.36. The fraction of sp³-hybridized carbons (Fsp3) is 0.400. The number of fused-ring (bicyclic) bond motifs is 2. The monoisotopic (exact) mass is 438 g/mol. The minimum absolute atomic E-state index is 0. The molecule has 0 bridgehead atoms. The summed E-state index contributed by atoms with van der Waals surface area (Å²) in [4.78, 5) is 28.7. The zero-order chi connectivity index (χ0) is 19.7. The molecule has 0 atom stereocenters. The molecule has 7 nitrogen and oxygen atoms in total. The molecule has 2 aliphatic heterocycles. The van der Waals surface area contributed by atoms with E-state index in [2.05, 4.69) is 17.1 Å². The first kappa shape index (κ1) is 21.4. The van der Waals surface area contributed by atoms with Gasteiger partial charge in [-0.2, -0.15) is 0 Å². The van der Waals surface area contributed by atoms with Crippen LogP contribution in [-0.2, 0) is 17.7 Å². The number of benzene rings is 1. The van der Waals surface area contributed by atoms with E-state index >= 15 is 0 Å². The third-order valence-electron chi connectivity index (χ3n) is 4.93. The highest BCUT2D eigenvalue weighted by atomic mass is 35.5. The number of hydrogen-bond acceptors (Lipinski definition) is 7. The highest BCUT2D eigenvalue weighted by Crippen LogP contribution is 2.38. The van der Waals surface area contributed by atoms with Gasteiger partial charge in [-0.1, -0.05) is 6.92 Å². The van der Waals surface area contributed by atoms with Crippen LogP contribution in [0.5, 0.6) is 11.5 Å². The maximum Gasteiger partial charge on any atom is 0.341 e. The average Bonchev–Trinajstić information content (AvgIpc) is 3.30. The molecule has 2 aliphatic rings. The molecule has 2 aromatic rings. The van der Waals surface area contributed by atoms with Gasteiger partial charge >= 0.3 is 5.97 Å². The molecule has 1 aromatic carbocycles. The fourth-order valence-electron chi connectivity index (χ4n) is 3.58. The Morgan fingerprint density at radius 1 is 1.28 bits per heavy atom. The molecule has 9 heteroatoms. The first-order chi connectivity index (χ1) is 13.6. The summed E-state index contributed by atoms with van der Waals surface area (Å²) >= 11 is 1.45. The Morgan fingerprint density at radius 2 is 2.07 bits per heavy atom. The van der Waals surface area contributed by atoms with E-state index in [1.807, 2.05) is 0 Å². The largest absolute Gasteiger partial charge is 0.465 e. The predicted octanol–water partition coefficient (Wildman–Crippen LogP) is 3.71. The Balaban J connectivity index is 0.00000240. The van der Waals surface area contributed by atoms with Gasteiger partial charge in [-0.3, -0.25) is 9.69 Å². The second kappa shape index (κ2) is 9.02. The molecule has 29 heavy (non-hydrogen) atoms. The van der Waals surface area contributed by atoms with Crippen molar-refractivity contribution in [2.45, 2.75) is 26.3 Å². The number of ether oxygens (including phenoxy) is 3. The number of hydrogen-bond donors (Lipinski definition) is 1. The lowest BCUT2D eigenvalue weighted by atomic mass is 10.0. The molecule has 0 fully saturated rings. The van der Waals surface area contributed by atoms with Crippen LogP contribution in [0.4, 0.5) is 5.00 Å². The molecular weight excluding hydrogens is 416 g/mol. The molecule has 1 aromatic heterocycles. The van der Waals surface area contributed by atoms with Crippen LogP contribution < -0.4 is 14.8 Å². The molecule has 156 valence electrons. The van der Waals surface area contributed by atoms with E-state index < -0.39 is 5.97 Å². The lowest BCUT2D eigenvalue weighted by Crippen LogP contribution is -2.30. The summed E-state index contributed by atoms with van der Waals surface area (Å²) in [5.74, 6) is 0.450. The molecule has 0 radical (unpaired) electrons. The minimum Gasteiger partial charge on any atom is -0.465 e. The molecule has 4 rings (SSSR count). The van der Waals surface area contributed by atoms with Crippen LogP contribution in [0.2, 0.25) is 0 Å². The number of nitrogens with zero attached hydrogens (tertiary/aromatic N) is 1. The summed E-state index contributed by atoms with van der Waals surface area (Å²) in [6.45, 7) is 5.01. The van der Waals surface area contributed by atoms with Crippen LogP contribution in [0.1, 0.15) is 44.5 Å². The van der Waals surface area contributed by atoms with Crippen LogP contribution in [0.3, 0.4) is 0 Å². The molecule has 3 heterocycles. The SMILES string of the molecule is CCCN1CCc2c(sc(NC(=O)c3ccc4c(c3)OCO4)c2C(=O)OC)C1.Cl. The van der Waals surface area contributed by atoms with Crippen LogP contribution in [0, 0.1) is 0 Å². The van der Waals surface area contributed by atoms with Gasteiger partial charge in [-0.25, -0.2) is 4.79 Å². The predicted molar refractivity (Wildman–Crippen MR) is 113 cm³/mol. The Kier molecular flexibility index (Phi) is 6.66. The summed E-state index contributed by atoms with van der Waals surface area (Å²) < 4.78 is 15.6. The van der Waals surface area contributed by atoms with Gasteiger partial charge in [-0.15, -0.1) is 23.7 Å². The maximum absolute atomic E-state index is 12.8. The number of nitrogens with one attached hydrogen (secondary N) is 1. The highest BCUT2D eigenvalue weighted by molar-refractivity contribution is 7.17. The Morgan fingerprint density at radius 3 is 2.83 bits per heavy atom. The molecule has 0 spiro atoms. The quantitative estimate of drug-likeness (QED) is 0.717. The van der Waals surface area contributed by atoms with Gasteiger partial charge in [0.15, 0.2) is 11.5 Å².